The first kappa shape index (κ1) is 24.9. The number of hydrogen-bond donors (Lipinski definition) is 1. The summed E-state index contributed by atoms with van der Waals surface area (Å²) in [5.74, 6) is 0. The monoisotopic (exact) mass is 426 g/mol. The van der Waals surface area contributed by atoms with E-state index in [4.69, 9.17) is 5.11 Å². The maximum Gasteiger partial charge on any atom is 0.0442 e. The van der Waals surface area contributed by atoms with Crippen LogP contribution in [0.25, 0.3) is 10.8 Å². The topological polar surface area (TPSA) is 20.2 Å². The fourth-order valence-corrected chi connectivity index (χ4v) is 1.81. The smallest absolute Gasteiger partial charge is 0.0442 e. The molecule has 1 aliphatic rings. The number of aliphatic hydroxyl groups excluding tert-OH is 1. The summed E-state index contributed by atoms with van der Waals surface area (Å²) in [7, 11) is 0. The molecule has 2 aromatic rings. The minimum Gasteiger partial charge on any atom is -1.00 e. The van der Waals surface area contributed by atoms with Gasteiger partial charge in [-0.2, -0.15) is 23.6 Å². The molecule has 23 heavy (non-hydrogen) atoms. The predicted molar refractivity (Wildman–Crippen MR) is 88.1 cm³/mol. The van der Waals surface area contributed by atoms with Crippen LogP contribution >= 0.6 is 0 Å². The SMILES string of the molecule is C[C](C)=[Zr+2].OCCC1=[C-]CC=C1.[Cl-].[Cl-].c1ccc2[cH-]ccc2c1. The third kappa shape index (κ3) is 11.7. The van der Waals surface area contributed by atoms with E-state index in [-0.39, 0.29) is 31.4 Å². The van der Waals surface area contributed by atoms with Gasteiger partial charge < -0.3 is 29.9 Å². The van der Waals surface area contributed by atoms with Crippen molar-refractivity contribution < 1.29 is 54.2 Å². The van der Waals surface area contributed by atoms with Crippen molar-refractivity contribution in [2.75, 3.05) is 6.61 Å². The Hall–Kier alpha value is -0.397. The van der Waals surface area contributed by atoms with Gasteiger partial charge in [-0.15, -0.1) is 36.1 Å². The summed E-state index contributed by atoms with van der Waals surface area (Å²) in [6.07, 6.45) is 8.85. The average molecular weight is 429 g/mol. The number of halogens is 2. The molecular formula is C19H22Cl2OZr-2. The molecule has 0 fully saturated rings. The number of hydrogen-bond acceptors (Lipinski definition) is 1. The molecule has 4 heteroatoms. The number of benzene rings is 1. The van der Waals surface area contributed by atoms with Gasteiger partial charge >= 0.3 is 41.3 Å². The van der Waals surface area contributed by atoms with Crippen molar-refractivity contribution >= 4 is 14.0 Å². The molecular weight excluding hydrogens is 406 g/mol. The summed E-state index contributed by atoms with van der Waals surface area (Å²) in [4.78, 5) is 0. The van der Waals surface area contributed by atoms with E-state index in [9.17, 15) is 0 Å². The first-order chi connectivity index (χ1) is 10.1. The van der Waals surface area contributed by atoms with Crippen LogP contribution in [0.15, 0.2) is 60.2 Å². The van der Waals surface area contributed by atoms with E-state index in [1.807, 2.05) is 12.2 Å². The van der Waals surface area contributed by atoms with Gasteiger partial charge in [-0.05, 0) is 6.42 Å². The van der Waals surface area contributed by atoms with Crippen LogP contribution in [-0.2, 0) is 24.2 Å². The van der Waals surface area contributed by atoms with Gasteiger partial charge in [-0.1, -0.05) is 6.07 Å². The van der Waals surface area contributed by atoms with E-state index < -0.39 is 0 Å². The zero-order chi connectivity index (χ0) is 15.5. The average Bonchev–Trinajstić information content (AvgIpc) is 3.09. The van der Waals surface area contributed by atoms with Crippen molar-refractivity contribution in [1.29, 1.82) is 0 Å². The Morgan fingerprint density at radius 2 is 1.87 bits per heavy atom. The zero-order valence-electron chi connectivity index (χ0n) is 13.5. The molecule has 0 saturated heterocycles. The fraction of sp³-hybridized carbons (Fsp3) is 0.263. The normalized spacial score (nSPS) is 11.1. The van der Waals surface area contributed by atoms with Crippen LogP contribution < -0.4 is 24.8 Å². The van der Waals surface area contributed by atoms with E-state index in [0.29, 0.717) is 0 Å². The molecule has 1 nitrogen and oxygen atoms in total. The van der Waals surface area contributed by atoms with Gasteiger partial charge in [-0.3, -0.25) is 6.08 Å². The van der Waals surface area contributed by atoms with Crippen molar-refractivity contribution in [1.82, 2.24) is 0 Å². The van der Waals surface area contributed by atoms with Crippen molar-refractivity contribution in [3.8, 4) is 0 Å². The first-order valence-corrected chi connectivity index (χ1v) is 8.35. The maximum atomic E-state index is 8.43. The molecule has 0 saturated carbocycles. The molecule has 3 rings (SSSR count). The number of rotatable bonds is 2. The van der Waals surface area contributed by atoms with Crippen molar-refractivity contribution in [2.24, 2.45) is 0 Å². The minimum atomic E-state index is 0. The molecule has 0 aromatic heterocycles. The Balaban J connectivity index is 0. The largest absolute Gasteiger partial charge is 1.00 e. The molecule has 0 unspecified atom stereocenters. The Bertz CT molecular complexity index is 580. The molecule has 0 aliphatic heterocycles. The second-order valence-corrected chi connectivity index (χ2v) is 7.39. The van der Waals surface area contributed by atoms with Gasteiger partial charge in [0, 0.05) is 6.61 Å². The first-order valence-electron chi connectivity index (χ1n) is 7.12. The summed E-state index contributed by atoms with van der Waals surface area (Å²) < 4.78 is 1.51. The van der Waals surface area contributed by atoms with Gasteiger partial charge in [0.1, 0.15) is 0 Å². The molecule has 1 aliphatic carbocycles. The van der Waals surface area contributed by atoms with Gasteiger partial charge in [-0.25, -0.2) is 11.6 Å². The van der Waals surface area contributed by atoms with Crippen LogP contribution in [0.4, 0.5) is 0 Å². The summed E-state index contributed by atoms with van der Waals surface area (Å²) in [6.45, 7) is 4.49. The number of fused-ring (bicyclic) bond motifs is 1. The molecule has 0 amide bonds. The van der Waals surface area contributed by atoms with Crippen LogP contribution in [0, 0.1) is 6.08 Å². The Morgan fingerprint density at radius 1 is 1.22 bits per heavy atom. The standard InChI is InChI=1S/C9H7.C7H9O.C3H6.2ClH.Zr/c1-2-5-9-7-3-6-8(9)4-1;8-6-5-7-3-1-2-4-7;1-3-2;;;/h1-7H;1,3,8H,2,5-6H2;1-2H3;2*1H;/q2*-1;;;;+2/p-2. The molecule has 124 valence electrons. The molecule has 2 aromatic carbocycles. The van der Waals surface area contributed by atoms with Gasteiger partial charge in [0.25, 0.3) is 0 Å². The quantitative estimate of drug-likeness (QED) is 0.570. The molecule has 0 bridgehead atoms. The van der Waals surface area contributed by atoms with E-state index in [2.05, 4.69) is 62.4 Å². The number of aliphatic hydroxyl groups is 1. The third-order valence-electron chi connectivity index (χ3n) is 2.69. The third-order valence-corrected chi connectivity index (χ3v) is 2.69. The Labute approximate surface area is 167 Å². The minimum absolute atomic E-state index is 0. The molecule has 0 atom stereocenters. The molecule has 0 radical (unpaired) electrons. The Morgan fingerprint density at radius 3 is 2.39 bits per heavy atom. The fourth-order valence-electron chi connectivity index (χ4n) is 1.81. The zero-order valence-corrected chi connectivity index (χ0v) is 17.5. The van der Waals surface area contributed by atoms with Crippen LogP contribution in [0.3, 0.4) is 0 Å². The van der Waals surface area contributed by atoms with Crippen molar-refractivity contribution in [3.63, 3.8) is 0 Å². The molecule has 0 spiro atoms. The number of allylic oxidation sites excluding steroid dienone is 3. The summed E-state index contributed by atoms with van der Waals surface area (Å²) in [6, 6.07) is 14.7. The second kappa shape index (κ2) is 15.1. The molecule has 1 N–H and O–H groups in total. The van der Waals surface area contributed by atoms with E-state index >= 15 is 0 Å². The van der Waals surface area contributed by atoms with Crippen molar-refractivity contribution in [2.45, 2.75) is 26.7 Å². The summed E-state index contributed by atoms with van der Waals surface area (Å²) in [5, 5.41) is 11.1. The second-order valence-electron chi connectivity index (χ2n) is 4.94. The molecule has 0 heterocycles. The van der Waals surface area contributed by atoms with E-state index in [1.165, 1.54) is 14.0 Å². The van der Waals surface area contributed by atoms with Gasteiger partial charge in [0.15, 0.2) is 0 Å². The maximum absolute atomic E-state index is 8.43. The summed E-state index contributed by atoms with van der Waals surface area (Å²) in [5.41, 5.74) is 1.15. The van der Waals surface area contributed by atoms with Crippen LogP contribution in [0.2, 0.25) is 0 Å². The van der Waals surface area contributed by atoms with E-state index in [1.54, 1.807) is 24.2 Å². The van der Waals surface area contributed by atoms with Crippen LogP contribution in [0.1, 0.15) is 26.7 Å². The van der Waals surface area contributed by atoms with Gasteiger partial charge in [0.2, 0.25) is 0 Å². The Kier molecular flexibility index (Phi) is 16.4. The van der Waals surface area contributed by atoms with Crippen LogP contribution in [-0.4, -0.2) is 14.9 Å². The van der Waals surface area contributed by atoms with Crippen LogP contribution in [0.5, 0.6) is 0 Å². The van der Waals surface area contributed by atoms with E-state index in [0.717, 1.165) is 18.4 Å². The van der Waals surface area contributed by atoms with Crippen molar-refractivity contribution in [3.05, 3.63) is 66.3 Å². The van der Waals surface area contributed by atoms with Gasteiger partial charge in [0.05, 0.1) is 0 Å². The predicted octanol–water partition coefficient (Wildman–Crippen LogP) is -1.63. The summed E-state index contributed by atoms with van der Waals surface area (Å²) >= 11 is 1.55.